The molecule has 31 heavy (non-hydrogen) atoms. The molecule has 0 radical (unpaired) electrons. The van der Waals surface area contributed by atoms with Gasteiger partial charge < -0.3 is 20.7 Å². The molecule has 0 spiro atoms. The summed E-state index contributed by atoms with van der Waals surface area (Å²) in [5, 5.41) is 12.7. The average molecular weight is 418 g/mol. The highest BCUT2D eigenvalue weighted by Crippen LogP contribution is 2.34. The first-order valence-corrected chi connectivity index (χ1v) is 10.4. The number of aromatic hydroxyl groups is 1. The molecule has 2 aromatic carbocycles. The fourth-order valence-corrected chi connectivity index (χ4v) is 4.07. The van der Waals surface area contributed by atoms with Crippen LogP contribution < -0.4 is 21.1 Å². The summed E-state index contributed by atoms with van der Waals surface area (Å²) in [6, 6.07) is 19.7. The van der Waals surface area contributed by atoms with Crippen molar-refractivity contribution in [3.8, 4) is 5.75 Å². The Morgan fingerprint density at radius 3 is 2.61 bits per heavy atom. The summed E-state index contributed by atoms with van der Waals surface area (Å²) in [5.41, 5.74) is 6.14. The number of carbonyl (C=O) groups excluding carboxylic acids is 1. The van der Waals surface area contributed by atoms with Crippen LogP contribution in [0.15, 0.2) is 71.7 Å². The molecule has 1 unspecified atom stereocenters. The molecule has 7 heteroatoms. The lowest BCUT2D eigenvalue weighted by atomic mass is 10.0. The van der Waals surface area contributed by atoms with Gasteiger partial charge in [-0.05, 0) is 30.0 Å². The minimum absolute atomic E-state index is 0.0951. The van der Waals surface area contributed by atoms with Crippen molar-refractivity contribution in [1.29, 1.82) is 0 Å². The molecular formula is C24H26N4O3. The molecule has 0 saturated carbocycles. The quantitative estimate of drug-likeness (QED) is 0.593. The van der Waals surface area contributed by atoms with Crippen LogP contribution in [0.1, 0.15) is 40.5 Å². The van der Waals surface area contributed by atoms with Gasteiger partial charge in [0, 0.05) is 38.1 Å². The highest BCUT2D eigenvalue weighted by molar-refractivity contribution is 5.95. The fraction of sp³-hybridized carbons (Fsp3) is 0.250. The Morgan fingerprint density at radius 1 is 1.10 bits per heavy atom. The highest BCUT2D eigenvalue weighted by atomic mass is 16.3. The number of rotatable bonds is 5. The van der Waals surface area contributed by atoms with Gasteiger partial charge in [-0.1, -0.05) is 48.5 Å². The lowest BCUT2D eigenvalue weighted by Gasteiger charge is -2.27. The number of aromatic nitrogens is 1. The summed E-state index contributed by atoms with van der Waals surface area (Å²) < 4.78 is 1.45. The van der Waals surface area contributed by atoms with Crippen molar-refractivity contribution >= 4 is 11.6 Å². The number of hydrogen-bond acceptors (Lipinski definition) is 5. The summed E-state index contributed by atoms with van der Waals surface area (Å²) in [5.74, 6) is -1.10. The zero-order valence-corrected chi connectivity index (χ0v) is 17.4. The average Bonchev–Trinajstić information content (AvgIpc) is 2.96. The topological polar surface area (TPSA) is 86.6 Å². The fourth-order valence-electron chi connectivity index (χ4n) is 4.07. The van der Waals surface area contributed by atoms with Crippen LogP contribution in [0.25, 0.3) is 0 Å². The van der Waals surface area contributed by atoms with Crippen molar-refractivity contribution in [2.75, 3.05) is 23.9 Å². The molecule has 3 N–H and O–H groups in total. The number of para-hydroxylation sites is 1. The van der Waals surface area contributed by atoms with Gasteiger partial charge in [0.2, 0.25) is 5.43 Å². The Hall–Kier alpha value is -3.74. The second kappa shape index (κ2) is 8.95. The van der Waals surface area contributed by atoms with Gasteiger partial charge in [-0.3, -0.25) is 14.3 Å². The Morgan fingerprint density at radius 2 is 1.84 bits per heavy atom. The van der Waals surface area contributed by atoms with E-state index in [1.165, 1.54) is 29.6 Å². The van der Waals surface area contributed by atoms with Crippen molar-refractivity contribution in [1.82, 2.24) is 9.99 Å². The van der Waals surface area contributed by atoms with E-state index in [0.29, 0.717) is 0 Å². The first-order valence-electron chi connectivity index (χ1n) is 10.4. The van der Waals surface area contributed by atoms with Gasteiger partial charge in [-0.2, -0.15) is 0 Å². The minimum atomic E-state index is -0.591. The normalized spacial score (nSPS) is 15.6. The van der Waals surface area contributed by atoms with Crippen LogP contribution in [0.4, 0.5) is 5.69 Å². The Kier molecular flexibility index (Phi) is 5.93. The number of benzene rings is 2. The number of fused-ring (bicyclic) bond motifs is 1. The Balaban J connectivity index is 1.68. The maximum absolute atomic E-state index is 12.3. The lowest BCUT2D eigenvalue weighted by Crippen LogP contribution is -2.31. The van der Waals surface area contributed by atoms with E-state index in [2.05, 4.69) is 39.9 Å². The third-order valence-electron chi connectivity index (χ3n) is 5.60. The molecule has 4 rings (SSSR count). The molecule has 0 bridgehead atoms. The van der Waals surface area contributed by atoms with Crippen molar-refractivity contribution < 1.29 is 9.90 Å². The van der Waals surface area contributed by atoms with E-state index in [1.54, 1.807) is 0 Å². The molecule has 0 fully saturated rings. The molecule has 0 saturated heterocycles. The molecular weight excluding hydrogens is 392 g/mol. The predicted octanol–water partition coefficient (Wildman–Crippen LogP) is 3.00. The van der Waals surface area contributed by atoms with E-state index in [0.717, 1.165) is 37.2 Å². The summed E-state index contributed by atoms with van der Waals surface area (Å²) in [7, 11) is 1.46. The van der Waals surface area contributed by atoms with Gasteiger partial charge in [0.05, 0.1) is 6.04 Å². The van der Waals surface area contributed by atoms with E-state index < -0.39 is 17.1 Å². The van der Waals surface area contributed by atoms with Crippen LogP contribution in [-0.4, -0.2) is 29.3 Å². The number of hydrogen-bond donors (Lipinski definition) is 3. The van der Waals surface area contributed by atoms with Crippen molar-refractivity contribution in [3.63, 3.8) is 0 Å². The van der Waals surface area contributed by atoms with Crippen LogP contribution >= 0.6 is 0 Å². The van der Waals surface area contributed by atoms with Gasteiger partial charge in [-0.25, -0.2) is 0 Å². The number of amides is 1. The van der Waals surface area contributed by atoms with Crippen molar-refractivity contribution in [2.45, 2.75) is 25.4 Å². The number of carbonyl (C=O) groups is 1. The van der Waals surface area contributed by atoms with Gasteiger partial charge in [0.25, 0.3) is 5.91 Å². The predicted molar refractivity (Wildman–Crippen MR) is 121 cm³/mol. The van der Waals surface area contributed by atoms with Crippen LogP contribution in [0, 0.1) is 0 Å². The number of nitrogens with zero attached hydrogens (tertiary/aromatic N) is 2. The SMILES string of the molecule is CNC(=O)c1c(O)c(=O)ccn1NC1CCCN(Cc2ccccc2)c2ccccc21. The first kappa shape index (κ1) is 20.5. The molecule has 1 aliphatic rings. The summed E-state index contributed by atoms with van der Waals surface area (Å²) >= 11 is 0. The van der Waals surface area contributed by atoms with E-state index in [1.807, 2.05) is 30.3 Å². The van der Waals surface area contributed by atoms with Crippen LogP contribution in [0.5, 0.6) is 5.75 Å². The molecule has 1 atom stereocenters. The first-order chi connectivity index (χ1) is 15.1. The Labute approximate surface area is 180 Å². The largest absolute Gasteiger partial charge is 0.502 e. The molecule has 160 valence electrons. The molecule has 2 heterocycles. The van der Waals surface area contributed by atoms with Crippen molar-refractivity contribution in [3.05, 3.63) is 93.9 Å². The molecule has 3 aromatic rings. The van der Waals surface area contributed by atoms with E-state index in [9.17, 15) is 14.7 Å². The number of anilines is 1. The van der Waals surface area contributed by atoms with Crippen LogP contribution in [-0.2, 0) is 6.54 Å². The van der Waals surface area contributed by atoms with Gasteiger partial charge in [0.15, 0.2) is 11.4 Å². The van der Waals surface area contributed by atoms with E-state index in [4.69, 9.17) is 0 Å². The summed E-state index contributed by atoms with van der Waals surface area (Å²) in [6.07, 6.45) is 3.27. The van der Waals surface area contributed by atoms with Crippen LogP contribution in [0.3, 0.4) is 0 Å². The minimum Gasteiger partial charge on any atom is -0.502 e. The lowest BCUT2D eigenvalue weighted by molar-refractivity contribution is 0.0950. The zero-order chi connectivity index (χ0) is 21.8. The monoisotopic (exact) mass is 418 g/mol. The van der Waals surface area contributed by atoms with Gasteiger partial charge in [0.1, 0.15) is 0 Å². The smallest absolute Gasteiger partial charge is 0.273 e. The molecule has 1 aliphatic heterocycles. The second-order valence-corrected chi connectivity index (χ2v) is 7.62. The highest BCUT2D eigenvalue weighted by Gasteiger charge is 2.25. The standard InChI is InChI=1S/C24H26N4O3/c1-25-24(31)22-23(30)21(29)13-15-28(22)26-19-11-7-14-27(16-17-8-3-2-4-9-17)20-12-6-5-10-18(19)20/h2-6,8-10,12-13,15,19,26,30H,7,11,14,16H2,1H3,(H,25,31). The zero-order valence-electron chi connectivity index (χ0n) is 17.4. The summed E-state index contributed by atoms with van der Waals surface area (Å²) in [4.78, 5) is 26.6. The number of nitrogens with one attached hydrogen (secondary N) is 2. The van der Waals surface area contributed by atoms with E-state index >= 15 is 0 Å². The molecule has 0 aliphatic carbocycles. The maximum Gasteiger partial charge on any atom is 0.273 e. The van der Waals surface area contributed by atoms with Gasteiger partial charge >= 0.3 is 0 Å². The summed E-state index contributed by atoms with van der Waals surface area (Å²) in [6.45, 7) is 1.72. The van der Waals surface area contributed by atoms with E-state index in [-0.39, 0.29) is 11.7 Å². The molecule has 1 aromatic heterocycles. The third-order valence-corrected chi connectivity index (χ3v) is 5.60. The second-order valence-electron chi connectivity index (χ2n) is 7.62. The van der Waals surface area contributed by atoms with Crippen molar-refractivity contribution in [2.24, 2.45) is 0 Å². The van der Waals surface area contributed by atoms with Crippen LogP contribution in [0.2, 0.25) is 0 Å². The molecule has 1 amide bonds. The van der Waals surface area contributed by atoms with Gasteiger partial charge in [-0.15, -0.1) is 0 Å². The maximum atomic E-state index is 12.3. The third kappa shape index (κ3) is 4.26. The molecule has 7 nitrogen and oxygen atoms in total. The number of pyridine rings is 1. The Bertz CT molecular complexity index is 1130.